The number of carbonyl (C=O) groups is 2. The highest BCUT2D eigenvalue weighted by molar-refractivity contribution is 6.31. The molecular weight excluding hydrogens is 358 g/mol. The van der Waals surface area contributed by atoms with E-state index >= 15 is 0 Å². The van der Waals surface area contributed by atoms with Crippen LogP contribution in [0.15, 0.2) is 33.5 Å². The summed E-state index contributed by atoms with van der Waals surface area (Å²) in [6.45, 7) is 9.05. The molecule has 2 rings (SSSR count). The molecule has 0 fully saturated rings. The smallest absolute Gasteiger partial charge is 0.375 e. The van der Waals surface area contributed by atoms with Crippen LogP contribution in [0, 0.1) is 0 Å². The van der Waals surface area contributed by atoms with Crippen LogP contribution in [0.25, 0.3) is 11.0 Å². The van der Waals surface area contributed by atoms with Crippen LogP contribution in [-0.4, -0.2) is 35.0 Å². The molecule has 1 aromatic carbocycles. The molecule has 2 aromatic rings. The normalized spacial score (nSPS) is 12.5. The molecule has 0 aliphatic heterocycles. The molecule has 1 amide bonds. The molecule has 0 saturated carbocycles. The number of benzene rings is 1. The number of fused-ring (bicyclic) bond motifs is 1. The quantitative estimate of drug-likeness (QED) is 0.741. The van der Waals surface area contributed by atoms with Gasteiger partial charge in [0.15, 0.2) is 11.5 Å². The van der Waals surface area contributed by atoms with Gasteiger partial charge in [0.2, 0.25) is 5.76 Å². The van der Waals surface area contributed by atoms with E-state index in [-0.39, 0.29) is 34.7 Å². The fourth-order valence-electron chi connectivity index (χ4n) is 2.81. The summed E-state index contributed by atoms with van der Waals surface area (Å²) < 4.78 is 10.7. The Morgan fingerprint density at radius 3 is 2.27 bits per heavy atom. The van der Waals surface area contributed by atoms with Crippen LogP contribution >= 0.6 is 11.6 Å². The van der Waals surface area contributed by atoms with Gasteiger partial charge in [-0.2, -0.15) is 0 Å². The minimum atomic E-state index is -1.00. The number of hydrogen-bond donors (Lipinski definition) is 0. The SMILES string of the molecule is CC(C)N(C(=O)[C@@H](C)OC(=O)c1cc(=O)c2cc(Cl)ccc2o1)C(C)C. The van der Waals surface area contributed by atoms with E-state index in [0.29, 0.717) is 5.02 Å². The lowest BCUT2D eigenvalue weighted by Gasteiger charge is -2.32. The molecule has 140 valence electrons. The Hall–Kier alpha value is -2.34. The molecule has 0 saturated heterocycles. The van der Waals surface area contributed by atoms with Gasteiger partial charge in [0, 0.05) is 23.2 Å². The molecule has 0 unspecified atom stereocenters. The fourth-order valence-corrected chi connectivity index (χ4v) is 2.99. The number of ether oxygens (including phenoxy) is 1. The Kier molecular flexibility index (Phi) is 6.08. The number of esters is 1. The zero-order valence-corrected chi connectivity index (χ0v) is 16.2. The highest BCUT2D eigenvalue weighted by atomic mass is 35.5. The second-order valence-electron chi connectivity index (χ2n) is 6.60. The van der Waals surface area contributed by atoms with Crippen LogP contribution in [0.4, 0.5) is 0 Å². The van der Waals surface area contributed by atoms with Crippen molar-refractivity contribution in [1.29, 1.82) is 0 Å². The first-order chi connectivity index (χ1) is 12.1. The maximum Gasteiger partial charge on any atom is 0.375 e. The second kappa shape index (κ2) is 7.91. The number of nitrogens with zero attached hydrogens (tertiary/aromatic N) is 1. The Bertz CT molecular complexity index is 879. The summed E-state index contributed by atoms with van der Waals surface area (Å²) in [5.41, 5.74) is -0.190. The van der Waals surface area contributed by atoms with E-state index in [1.54, 1.807) is 11.0 Å². The van der Waals surface area contributed by atoms with Crippen LogP contribution in [0.2, 0.25) is 5.02 Å². The van der Waals surface area contributed by atoms with E-state index in [0.717, 1.165) is 6.07 Å². The fraction of sp³-hybridized carbons (Fsp3) is 0.421. The Morgan fingerprint density at radius 1 is 1.08 bits per heavy atom. The first-order valence-electron chi connectivity index (χ1n) is 8.38. The first-order valence-corrected chi connectivity index (χ1v) is 8.76. The summed E-state index contributed by atoms with van der Waals surface area (Å²) in [6.07, 6.45) is -1.00. The van der Waals surface area contributed by atoms with Crippen molar-refractivity contribution in [2.24, 2.45) is 0 Å². The zero-order chi connectivity index (χ0) is 19.6. The van der Waals surface area contributed by atoms with E-state index in [2.05, 4.69) is 0 Å². The topological polar surface area (TPSA) is 76.8 Å². The Morgan fingerprint density at radius 2 is 1.69 bits per heavy atom. The molecule has 1 aromatic heterocycles. The van der Waals surface area contributed by atoms with Gasteiger partial charge in [-0.15, -0.1) is 0 Å². The minimum absolute atomic E-state index is 0.0352. The summed E-state index contributed by atoms with van der Waals surface area (Å²) in [5.74, 6) is -1.43. The van der Waals surface area contributed by atoms with Gasteiger partial charge in [0.25, 0.3) is 5.91 Å². The molecule has 6 nitrogen and oxygen atoms in total. The third-order valence-corrected chi connectivity index (χ3v) is 4.12. The van der Waals surface area contributed by atoms with Gasteiger partial charge in [0.1, 0.15) is 5.58 Å². The monoisotopic (exact) mass is 379 g/mol. The highest BCUT2D eigenvalue weighted by Crippen LogP contribution is 2.18. The lowest BCUT2D eigenvalue weighted by atomic mass is 10.2. The second-order valence-corrected chi connectivity index (χ2v) is 7.03. The van der Waals surface area contributed by atoms with E-state index in [9.17, 15) is 14.4 Å². The van der Waals surface area contributed by atoms with Crippen molar-refractivity contribution in [2.45, 2.75) is 52.8 Å². The van der Waals surface area contributed by atoms with Crippen molar-refractivity contribution in [3.05, 3.63) is 45.3 Å². The lowest BCUT2D eigenvalue weighted by molar-refractivity contribution is -0.143. The van der Waals surface area contributed by atoms with E-state index in [4.69, 9.17) is 20.8 Å². The van der Waals surface area contributed by atoms with Crippen molar-refractivity contribution >= 4 is 34.4 Å². The number of rotatable bonds is 5. The Labute approximate surface area is 156 Å². The zero-order valence-electron chi connectivity index (χ0n) is 15.4. The predicted octanol–water partition coefficient (Wildman–Crippen LogP) is 3.64. The summed E-state index contributed by atoms with van der Waals surface area (Å²) in [6, 6.07) is 5.49. The van der Waals surface area contributed by atoms with E-state index < -0.39 is 17.5 Å². The van der Waals surface area contributed by atoms with Gasteiger partial charge < -0.3 is 14.1 Å². The number of amides is 1. The molecule has 7 heteroatoms. The molecule has 26 heavy (non-hydrogen) atoms. The molecule has 1 heterocycles. The van der Waals surface area contributed by atoms with Crippen molar-refractivity contribution < 1.29 is 18.7 Å². The maximum atomic E-state index is 12.6. The van der Waals surface area contributed by atoms with Gasteiger partial charge in [-0.05, 0) is 52.8 Å². The molecule has 0 aliphatic carbocycles. The largest absolute Gasteiger partial charge is 0.449 e. The molecule has 0 aliphatic rings. The van der Waals surface area contributed by atoms with Gasteiger partial charge in [0.05, 0.1) is 5.39 Å². The lowest BCUT2D eigenvalue weighted by Crippen LogP contribution is -2.47. The van der Waals surface area contributed by atoms with Crippen molar-refractivity contribution in [3.8, 4) is 0 Å². The highest BCUT2D eigenvalue weighted by Gasteiger charge is 2.28. The van der Waals surface area contributed by atoms with Crippen LogP contribution in [0.5, 0.6) is 0 Å². The molecule has 0 bridgehead atoms. The maximum absolute atomic E-state index is 12.6. The standard InChI is InChI=1S/C19H22ClNO5/c1-10(2)21(11(3)4)18(23)12(5)25-19(24)17-9-15(22)14-8-13(20)6-7-16(14)26-17/h6-12H,1-5H3/t12-/m1/s1. The van der Waals surface area contributed by atoms with Crippen molar-refractivity contribution in [3.63, 3.8) is 0 Å². The third kappa shape index (κ3) is 4.25. The van der Waals surface area contributed by atoms with Crippen molar-refractivity contribution in [1.82, 2.24) is 4.90 Å². The predicted molar refractivity (Wildman–Crippen MR) is 99.5 cm³/mol. The number of hydrogen-bond acceptors (Lipinski definition) is 5. The molecule has 0 spiro atoms. The van der Waals surface area contributed by atoms with E-state index in [1.807, 2.05) is 27.7 Å². The van der Waals surface area contributed by atoms with Gasteiger partial charge in [-0.1, -0.05) is 11.6 Å². The first kappa shape index (κ1) is 20.0. The van der Waals surface area contributed by atoms with Crippen LogP contribution in [0.3, 0.4) is 0 Å². The summed E-state index contributed by atoms with van der Waals surface area (Å²) in [4.78, 5) is 38.7. The van der Waals surface area contributed by atoms with E-state index in [1.165, 1.54) is 19.1 Å². The van der Waals surface area contributed by atoms with Gasteiger partial charge in [-0.25, -0.2) is 4.79 Å². The summed E-state index contributed by atoms with van der Waals surface area (Å²) in [5, 5.41) is 0.658. The van der Waals surface area contributed by atoms with Gasteiger partial charge >= 0.3 is 5.97 Å². The minimum Gasteiger partial charge on any atom is -0.449 e. The van der Waals surface area contributed by atoms with Crippen LogP contribution in [0.1, 0.15) is 45.2 Å². The van der Waals surface area contributed by atoms with Crippen molar-refractivity contribution in [2.75, 3.05) is 0 Å². The Balaban J connectivity index is 2.24. The molecule has 0 N–H and O–H groups in total. The molecule has 0 radical (unpaired) electrons. The average Bonchev–Trinajstić information content (AvgIpc) is 2.54. The number of halogens is 1. The summed E-state index contributed by atoms with van der Waals surface area (Å²) >= 11 is 5.86. The van der Waals surface area contributed by atoms with Gasteiger partial charge in [-0.3, -0.25) is 9.59 Å². The summed E-state index contributed by atoms with van der Waals surface area (Å²) in [7, 11) is 0. The van der Waals surface area contributed by atoms with Crippen LogP contribution < -0.4 is 5.43 Å². The third-order valence-electron chi connectivity index (χ3n) is 3.89. The average molecular weight is 380 g/mol. The molecule has 1 atom stereocenters. The molecular formula is C19H22ClNO5. The number of carbonyl (C=O) groups excluding carboxylic acids is 2. The van der Waals surface area contributed by atoms with Crippen LogP contribution in [-0.2, 0) is 9.53 Å².